The van der Waals surface area contributed by atoms with E-state index in [1.807, 2.05) is 39.8 Å². The second kappa shape index (κ2) is 11.3. The Morgan fingerprint density at radius 3 is 2.62 bits per heavy atom. The van der Waals surface area contributed by atoms with E-state index < -0.39 is 24.0 Å². The lowest BCUT2D eigenvalue weighted by atomic mass is 9.97. The van der Waals surface area contributed by atoms with Gasteiger partial charge in [-0.25, -0.2) is 4.79 Å². The number of benzene rings is 1. The molecule has 10 nitrogen and oxygen atoms in total. The summed E-state index contributed by atoms with van der Waals surface area (Å²) in [6.45, 7) is 9.63. The van der Waals surface area contributed by atoms with E-state index >= 15 is 0 Å². The minimum absolute atomic E-state index is 0.146. The largest absolute Gasteiger partial charge is 0.487 e. The van der Waals surface area contributed by atoms with Crippen molar-refractivity contribution in [3.05, 3.63) is 22.3 Å². The fourth-order valence-corrected chi connectivity index (χ4v) is 5.70. The zero-order chi connectivity index (χ0) is 27.9. The van der Waals surface area contributed by atoms with E-state index in [9.17, 15) is 4.79 Å². The number of nitrogens with one attached hydrogen (secondary N) is 1. The Morgan fingerprint density at radius 1 is 1.21 bits per heavy atom. The molecule has 1 aromatic heterocycles. The van der Waals surface area contributed by atoms with Crippen LogP contribution in [0, 0.1) is 0 Å². The van der Waals surface area contributed by atoms with E-state index in [1.54, 1.807) is 12.0 Å². The zero-order valence-electron chi connectivity index (χ0n) is 23.7. The normalized spacial score (nSPS) is 26.2. The SMILES string of the molecule is COC1CNC(C)C(c2nc(OC[C@@H]3CCCN3C)nc3c(OC4CC4)c(Br)ccc23)N1C(=O)OC(C)(C)C. The monoisotopic (exact) mass is 605 g/mol. The van der Waals surface area contributed by atoms with Crippen molar-refractivity contribution < 1.29 is 23.7 Å². The van der Waals surface area contributed by atoms with Gasteiger partial charge in [-0.15, -0.1) is 0 Å². The van der Waals surface area contributed by atoms with Gasteiger partial charge in [-0.2, -0.15) is 9.97 Å². The van der Waals surface area contributed by atoms with Crippen LogP contribution in [0.3, 0.4) is 0 Å². The maximum Gasteiger partial charge on any atom is 0.413 e. The lowest BCUT2D eigenvalue weighted by molar-refractivity contribution is -0.0886. The van der Waals surface area contributed by atoms with Crippen LogP contribution in [0.15, 0.2) is 16.6 Å². The molecule has 0 spiro atoms. The van der Waals surface area contributed by atoms with Gasteiger partial charge in [0.25, 0.3) is 0 Å². The summed E-state index contributed by atoms with van der Waals surface area (Å²) in [5, 5.41) is 4.29. The molecular formula is C28H40BrN5O5. The van der Waals surface area contributed by atoms with E-state index in [-0.39, 0.29) is 18.2 Å². The van der Waals surface area contributed by atoms with Crippen molar-refractivity contribution in [2.24, 2.45) is 0 Å². The van der Waals surface area contributed by atoms with Crippen LogP contribution in [-0.2, 0) is 9.47 Å². The number of aromatic nitrogens is 2. The first-order valence-electron chi connectivity index (χ1n) is 13.8. The first-order chi connectivity index (χ1) is 18.6. The van der Waals surface area contributed by atoms with Crippen molar-refractivity contribution in [3.63, 3.8) is 0 Å². The molecule has 3 heterocycles. The Bertz CT molecular complexity index is 1200. The standard InChI is InChI=1S/C28H40BrN5O5/c1-16-24(34(21(36-6)14-30-16)27(35)39-28(2,3)4)22-19-11-12-20(29)25(38-18-9-10-18)23(19)32-26(31-22)37-15-17-8-7-13-33(17)5/h11-12,16-18,21,24,30H,7-10,13-15H2,1-6H3/t16?,17-,21?,24?/m0/s1. The maximum absolute atomic E-state index is 13.6. The molecule has 1 saturated carbocycles. The van der Waals surface area contributed by atoms with E-state index in [4.69, 9.17) is 28.9 Å². The Labute approximate surface area is 238 Å². The van der Waals surface area contributed by atoms with Gasteiger partial charge in [0.15, 0.2) is 5.75 Å². The van der Waals surface area contributed by atoms with Crippen LogP contribution >= 0.6 is 15.9 Å². The molecule has 5 rings (SSSR count). The summed E-state index contributed by atoms with van der Waals surface area (Å²) in [5.74, 6) is 0.671. The van der Waals surface area contributed by atoms with E-state index in [0.29, 0.717) is 36.2 Å². The average molecular weight is 607 g/mol. The second-order valence-corrected chi connectivity index (χ2v) is 12.6. The first kappa shape index (κ1) is 28.3. The molecule has 1 aromatic carbocycles. The summed E-state index contributed by atoms with van der Waals surface area (Å²) < 4.78 is 25.0. The lowest BCUT2D eigenvalue weighted by Crippen LogP contribution is -2.60. The van der Waals surface area contributed by atoms with Crippen LogP contribution in [0.25, 0.3) is 10.9 Å². The van der Waals surface area contributed by atoms with Gasteiger partial charge in [0.05, 0.1) is 22.3 Å². The number of piperazine rings is 1. The third-order valence-electron chi connectivity index (χ3n) is 7.52. The summed E-state index contributed by atoms with van der Waals surface area (Å²) in [6.07, 6.45) is 3.43. The highest BCUT2D eigenvalue weighted by Crippen LogP contribution is 2.42. The molecule has 214 valence electrons. The van der Waals surface area contributed by atoms with Crippen LogP contribution in [0.2, 0.25) is 0 Å². The Hall–Kier alpha value is -2.21. The number of likely N-dealkylation sites (N-methyl/N-ethyl adjacent to an activating group) is 1. The topological polar surface area (TPSA) is 98.3 Å². The van der Waals surface area contributed by atoms with Gasteiger partial charge in [-0.3, -0.25) is 4.90 Å². The van der Waals surface area contributed by atoms with Gasteiger partial charge in [0.1, 0.15) is 24.0 Å². The van der Waals surface area contributed by atoms with Crippen LogP contribution in [0.1, 0.15) is 65.1 Å². The zero-order valence-corrected chi connectivity index (χ0v) is 25.3. The summed E-state index contributed by atoms with van der Waals surface area (Å²) in [6, 6.07) is 3.85. The van der Waals surface area contributed by atoms with Gasteiger partial charge in [-0.1, -0.05) is 0 Å². The molecule has 2 saturated heterocycles. The van der Waals surface area contributed by atoms with Crippen molar-refractivity contribution in [2.75, 3.05) is 33.9 Å². The van der Waals surface area contributed by atoms with Crippen LogP contribution in [-0.4, -0.2) is 89.7 Å². The number of hydrogen-bond donors (Lipinski definition) is 1. The number of nitrogens with zero attached hydrogens (tertiary/aromatic N) is 4. The number of rotatable bonds is 7. The highest BCUT2D eigenvalue weighted by molar-refractivity contribution is 9.10. The molecule has 4 atom stereocenters. The number of carbonyl (C=O) groups excluding carboxylic acids is 1. The fourth-order valence-electron chi connectivity index (χ4n) is 5.29. The number of carbonyl (C=O) groups is 1. The number of amides is 1. The number of fused-ring (bicyclic) bond motifs is 1. The highest BCUT2D eigenvalue weighted by Gasteiger charge is 2.43. The van der Waals surface area contributed by atoms with Crippen LogP contribution in [0.5, 0.6) is 11.8 Å². The molecule has 1 aliphatic carbocycles. The number of halogens is 1. The Kier molecular flexibility index (Phi) is 8.24. The smallest absolute Gasteiger partial charge is 0.413 e. The van der Waals surface area contributed by atoms with Gasteiger partial charge in [0.2, 0.25) is 0 Å². The van der Waals surface area contributed by atoms with Crippen molar-refractivity contribution in [3.8, 4) is 11.8 Å². The van der Waals surface area contributed by atoms with Gasteiger partial charge in [-0.05, 0) is 95.0 Å². The molecule has 0 bridgehead atoms. The van der Waals surface area contributed by atoms with Crippen molar-refractivity contribution in [2.45, 2.75) is 89.4 Å². The summed E-state index contributed by atoms with van der Waals surface area (Å²) in [5.41, 5.74) is 0.655. The maximum atomic E-state index is 13.6. The van der Waals surface area contributed by atoms with E-state index in [1.165, 1.54) is 0 Å². The van der Waals surface area contributed by atoms with Gasteiger partial charge >= 0.3 is 12.1 Å². The molecule has 2 aliphatic heterocycles. The quantitative estimate of drug-likeness (QED) is 0.483. The summed E-state index contributed by atoms with van der Waals surface area (Å²) in [4.78, 5) is 27.4. The first-order valence-corrected chi connectivity index (χ1v) is 14.6. The van der Waals surface area contributed by atoms with Crippen LogP contribution < -0.4 is 14.8 Å². The van der Waals surface area contributed by atoms with Crippen LogP contribution in [0.4, 0.5) is 4.79 Å². The molecule has 2 aromatic rings. The predicted octanol–water partition coefficient (Wildman–Crippen LogP) is 4.65. The second-order valence-electron chi connectivity index (χ2n) is 11.8. The summed E-state index contributed by atoms with van der Waals surface area (Å²) in [7, 11) is 3.71. The molecule has 3 aliphatic rings. The van der Waals surface area contributed by atoms with Crippen molar-refractivity contribution in [1.29, 1.82) is 0 Å². The lowest BCUT2D eigenvalue weighted by Gasteiger charge is -2.45. The minimum Gasteiger partial charge on any atom is -0.487 e. The molecule has 39 heavy (non-hydrogen) atoms. The predicted molar refractivity (Wildman–Crippen MR) is 151 cm³/mol. The minimum atomic E-state index is -0.667. The fraction of sp³-hybridized carbons (Fsp3) is 0.679. The Morgan fingerprint density at radius 2 is 1.97 bits per heavy atom. The van der Waals surface area contributed by atoms with E-state index in [0.717, 1.165) is 42.1 Å². The van der Waals surface area contributed by atoms with Gasteiger partial charge < -0.3 is 29.2 Å². The third kappa shape index (κ3) is 6.26. The molecule has 0 radical (unpaired) electrons. The average Bonchev–Trinajstić information content (AvgIpc) is 3.61. The molecule has 1 N–H and O–H groups in total. The van der Waals surface area contributed by atoms with Gasteiger partial charge in [0, 0.05) is 31.1 Å². The number of methoxy groups -OCH3 is 1. The van der Waals surface area contributed by atoms with E-state index in [2.05, 4.69) is 33.2 Å². The molecule has 11 heteroatoms. The molecule has 3 unspecified atom stereocenters. The molecule has 3 fully saturated rings. The number of ether oxygens (including phenoxy) is 4. The molecule has 1 amide bonds. The van der Waals surface area contributed by atoms with Crippen molar-refractivity contribution >= 4 is 32.9 Å². The molecular weight excluding hydrogens is 566 g/mol. The number of hydrogen-bond acceptors (Lipinski definition) is 9. The Balaban J connectivity index is 1.62. The summed E-state index contributed by atoms with van der Waals surface area (Å²) >= 11 is 3.67. The third-order valence-corrected chi connectivity index (χ3v) is 8.15. The number of likely N-dealkylation sites (tertiary alicyclic amines) is 1. The van der Waals surface area contributed by atoms with Crippen molar-refractivity contribution in [1.82, 2.24) is 25.1 Å². The highest BCUT2D eigenvalue weighted by atomic mass is 79.9.